The van der Waals surface area contributed by atoms with Gasteiger partial charge in [-0.05, 0) is 88.4 Å². The highest BCUT2D eigenvalue weighted by Crippen LogP contribution is 2.42. The summed E-state index contributed by atoms with van der Waals surface area (Å²) < 4.78 is -1.61. The lowest BCUT2D eigenvalue weighted by atomic mass is 10.0. The largest absolute Gasteiger partial charge is 0.294 e. The molecule has 0 bridgehead atoms. The number of alkyl halides is 5. The number of allylic oxidation sites excluding steroid dienone is 2. The molecule has 0 N–H and O–H groups in total. The van der Waals surface area contributed by atoms with E-state index in [1.54, 1.807) is 11.8 Å². The third kappa shape index (κ3) is 11.1. The lowest BCUT2D eigenvalue weighted by Gasteiger charge is -2.07. The van der Waals surface area contributed by atoms with Crippen LogP contribution in [-0.2, 0) is 6.42 Å². The van der Waals surface area contributed by atoms with Crippen molar-refractivity contribution in [2.75, 3.05) is 5.33 Å². The molecule has 6 aromatic rings. The summed E-state index contributed by atoms with van der Waals surface area (Å²) in [6, 6.07) is 50.3. The number of benzene rings is 6. The lowest BCUT2D eigenvalue weighted by molar-refractivity contribution is 0.0990. The first-order valence-corrected chi connectivity index (χ1v) is 22.0. The normalized spacial score (nSPS) is 13.4. The predicted molar refractivity (Wildman–Crippen MR) is 240 cm³/mol. The van der Waals surface area contributed by atoms with Crippen molar-refractivity contribution in [1.82, 2.24) is 0 Å². The standard InChI is InChI=1S/C15H11BrS.C15H12S.C14H10OS.CCl4/c16-10-12-9-11-5-1-3-7-14(11)17-15-8-4-2-6-13(12)15;1-11-10-12-6-2-4-8-14(12)16-15-9-5-3-7-13(11)15;15-12-9-10-5-1-3-7-13(10)16-14-8-4-2-6-11(12)14;2-1(3,4)5/h1-9H,10H2;2-10H,1H3;1-8H,9H2;. The molecule has 0 aliphatic carbocycles. The van der Waals surface area contributed by atoms with Crippen LogP contribution in [0.2, 0.25) is 0 Å². The van der Waals surface area contributed by atoms with Crippen LogP contribution in [0.25, 0.3) is 23.3 Å². The van der Waals surface area contributed by atoms with Gasteiger partial charge in [-0.2, -0.15) is 0 Å². The number of fused-ring (bicyclic) bond motifs is 6. The summed E-state index contributed by atoms with van der Waals surface area (Å²) in [6.45, 7) is 2.18. The zero-order chi connectivity index (χ0) is 38.1. The minimum Gasteiger partial charge on any atom is -0.294 e. The van der Waals surface area contributed by atoms with Crippen LogP contribution in [0.3, 0.4) is 0 Å². The van der Waals surface area contributed by atoms with Crippen LogP contribution < -0.4 is 0 Å². The molecule has 0 unspecified atom stereocenters. The molecule has 0 spiro atoms. The van der Waals surface area contributed by atoms with Crippen LogP contribution >= 0.6 is 97.6 Å². The SMILES string of the molecule is BrCC1=Cc2ccccc2Sc2ccccc21.CC1=Cc2ccccc2Sc2ccccc21.ClC(Cl)(Cl)Cl.O=C1Cc2ccccc2Sc2ccccc21. The molecule has 0 radical (unpaired) electrons. The van der Waals surface area contributed by atoms with E-state index in [9.17, 15) is 4.79 Å². The Kier molecular flexibility index (Phi) is 14.6. The fourth-order valence-electron chi connectivity index (χ4n) is 5.93. The second-order valence-electron chi connectivity index (χ2n) is 12.1. The van der Waals surface area contributed by atoms with E-state index in [-0.39, 0.29) is 5.78 Å². The van der Waals surface area contributed by atoms with Gasteiger partial charge in [0.25, 0.3) is 3.25 Å². The Balaban J connectivity index is 0.000000130. The highest BCUT2D eigenvalue weighted by atomic mass is 79.9. The molecular formula is C45H33BrCl4OS3. The maximum atomic E-state index is 12.1. The summed E-state index contributed by atoms with van der Waals surface area (Å²) in [6.07, 6.45) is 5.07. The second kappa shape index (κ2) is 19.3. The summed E-state index contributed by atoms with van der Waals surface area (Å²) in [5.74, 6) is 0.216. The third-order valence-electron chi connectivity index (χ3n) is 8.40. The molecule has 0 aromatic heterocycles. The Bertz CT molecular complexity index is 2320. The Hall–Kier alpha value is -2.84. The van der Waals surface area contributed by atoms with Crippen molar-refractivity contribution in [2.45, 2.75) is 46.0 Å². The van der Waals surface area contributed by atoms with Gasteiger partial charge in [-0.3, -0.25) is 4.79 Å². The number of hydrogen-bond acceptors (Lipinski definition) is 4. The van der Waals surface area contributed by atoms with Gasteiger partial charge in [0.2, 0.25) is 0 Å². The highest BCUT2D eigenvalue weighted by molar-refractivity contribution is 9.09. The molecular weight excluding hydrogens is 874 g/mol. The molecule has 3 aliphatic rings. The van der Waals surface area contributed by atoms with E-state index < -0.39 is 3.25 Å². The van der Waals surface area contributed by atoms with Crippen molar-refractivity contribution in [1.29, 1.82) is 0 Å². The van der Waals surface area contributed by atoms with Crippen LogP contribution in [-0.4, -0.2) is 14.4 Å². The number of rotatable bonds is 1. The number of Topliss-reactive ketones (excluding diaryl/α,β-unsaturated/α-hetero) is 1. The zero-order valence-electron chi connectivity index (χ0n) is 28.9. The van der Waals surface area contributed by atoms with Crippen molar-refractivity contribution < 1.29 is 4.79 Å². The van der Waals surface area contributed by atoms with Gasteiger partial charge >= 0.3 is 0 Å². The number of hydrogen-bond donors (Lipinski definition) is 0. The molecule has 3 heterocycles. The van der Waals surface area contributed by atoms with Crippen LogP contribution in [0.1, 0.15) is 45.1 Å². The van der Waals surface area contributed by atoms with Crippen LogP contribution in [0.5, 0.6) is 0 Å². The van der Waals surface area contributed by atoms with E-state index in [0.29, 0.717) is 6.42 Å². The molecule has 1 nitrogen and oxygen atoms in total. The molecule has 0 fully saturated rings. The Labute approximate surface area is 358 Å². The minimum absolute atomic E-state index is 0.216. The van der Waals surface area contributed by atoms with Gasteiger partial charge in [0.1, 0.15) is 0 Å². The van der Waals surface area contributed by atoms with E-state index in [1.165, 1.54) is 57.9 Å². The van der Waals surface area contributed by atoms with Gasteiger partial charge < -0.3 is 0 Å². The van der Waals surface area contributed by atoms with Gasteiger partial charge in [0.05, 0.1) is 0 Å². The topological polar surface area (TPSA) is 17.1 Å². The average molecular weight is 908 g/mol. The first kappa shape index (κ1) is 40.8. The van der Waals surface area contributed by atoms with Crippen molar-refractivity contribution in [3.05, 3.63) is 179 Å². The van der Waals surface area contributed by atoms with Crippen molar-refractivity contribution in [3.8, 4) is 0 Å². The Morgan fingerprint density at radius 3 is 1.48 bits per heavy atom. The fourth-order valence-corrected chi connectivity index (χ4v) is 9.69. The molecule has 9 heteroatoms. The summed E-state index contributed by atoms with van der Waals surface area (Å²) >= 11 is 28.3. The van der Waals surface area contributed by atoms with Crippen LogP contribution in [0.4, 0.5) is 0 Å². The highest BCUT2D eigenvalue weighted by Gasteiger charge is 2.19. The summed E-state index contributed by atoms with van der Waals surface area (Å²) in [7, 11) is 0. The van der Waals surface area contributed by atoms with Crippen LogP contribution in [0, 0.1) is 0 Å². The molecule has 0 amide bonds. The summed E-state index contributed by atoms with van der Waals surface area (Å²) in [5.41, 5.74) is 9.99. The molecule has 9 rings (SSSR count). The molecule has 6 aromatic carbocycles. The zero-order valence-corrected chi connectivity index (χ0v) is 36.0. The van der Waals surface area contributed by atoms with E-state index in [0.717, 1.165) is 21.4 Å². The van der Waals surface area contributed by atoms with Gasteiger partial charge in [0, 0.05) is 46.7 Å². The van der Waals surface area contributed by atoms with Gasteiger partial charge in [-0.25, -0.2) is 0 Å². The average Bonchev–Trinajstić information content (AvgIpc) is 3.50. The molecule has 0 saturated heterocycles. The third-order valence-corrected chi connectivity index (χ3v) is 12.5. The lowest BCUT2D eigenvalue weighted by Crippen LogP contribution is -2.02. The summed E-state index contributed by atoms with van der Waals surface area (Å²) in [4.78, 5) is 19.7. The van der Waals surface area contributed by atoms with E-state index in [1.807, 2.05) is 66.0 Å². The number of carbonyl (C=O) groups excluding carboxylic acids is 1. The second-order valence-corrected chi connectivity index (χ2v) is 19.4. The number of carbonyl (C=O) groups is 1. The molecule has 3 aliphatic heterocycles. The number of ketones is 1. The molecule has 0 atom stereocenters. The molecule has 272 valence electrons. The van der Waals surface area contributed by atoms with Gasteiger partial charge in [-0.15, -0.1) is 0 Å². The molecule has 0 saturated carbocycles. The van der Waals surface area contributed by atoms with Gasteiger partial charge in [0.15, 0.2) is 5.78 Å². The Morgan fingerprint density at radius 1 is 0.519 bits per heavy atom. The molecule has 54 heavy (non-hydrogen) atoms. The maximum absolute atomic E-state index is 12.1. The van der Waals surface area contributed by atoms with E-state index >= 15 is 0 Å². The van der Waals surface area contributed by atoms with Crippen molar-refractivity contribution in [3.63, 3.8) is 0 Å². The quantitative estimate of drug-likeness (QED) is 0.153. The van der Waals surface area contributed by atoms with E-state index in [2.05, 4.69) is 138 Å². The van der Waals surface area contributed by atoms with Gasteiger partial charge in [-0.1, -0.05) is 213 Å². The fraction of sp³-hybridized carbons (Fsp3) is 0.0889. The minimum atomic E-state index is -1.61. The first-order chi connectivity index (χ1) is 26.1. The monoisotopic (exact) mass is 904 g/mol. The van der Waals surface area contributed by atoms with Crippen molar-refractivity contribution in [2.24, 2.45) is 0 Å². The smallest absolute Gasteiger partial charge is 0.266 e. The van der Waals surface area contributed by atoms with Crippen molar-refractivity contribution >= 4 is 127 Å². The maximum Gasteiger partial charge on any atom is 0.266 e. The van der Waals surface area contributed by atoms with E-state index in [4.69, 9.17) is 46.4 Å². The number of halogens is 5. The predicted octanol–water partition coefficient (Wildman–Crippen LogP) is 15.9. The van der Waals surface area contributed by atoms with Crippen LogP contribution in [0.15, 0.2) is 175 Å². The summed E-state index contributed by atoms with van der Waals surface area (Å²) in [5, 5.41) is 0.888. The Morgan fingerprint density at radius 2 is 0.907 bits per heavy atom. The first-order valence-electron chi connectivity index (χ1n) is 16.9.